The van der Waals surface area contributed by atoms with E-state index in [0.29, 0.717) is 18.5 Å². The molecular weight excluding hydrogens is 318 g/mol. The number of rotatable bonds is 4. The van der Waals surface area contributed by atoms with E-state index in [4.69, 9.17) is 11.5 Å². The third kappa shape index (κ3) is 3.64. The van der Waals surface area contributed by atoms with Crippen LogP contribution in [0.5, 0.6) is 0 Å². The summed E-state index contributed by atoms with van der Waals surface area (Å²) in [5.41, 5.74) is 15.5. The van der Waals surface area contributed by atoms with E-state index in [9.17, 15) is 8.78 Å². The first kappa shape index (κ1) is 17.4. The van der Waals surface area contributed by atoms with Gasteiger partial charge in [-0.3, -0.25) is 0 Å². The van der Waals surface area contributed by atoms with Gasteiger partial charge in [0.15, 0.2) is 0 Å². The van der Waals surface area contributed by atoms with Crippen LogP contribution in [0.2, 0.25) is 0 Å². The van der Waals surface area contributed by atoms with Gasteiger partial charge in [0.2, 0.25) is 0 Å². The summed E-state index contributed by atoms with van der Waals surface area (Å²) in [7, 11) is 0. The van der Waals surface area contributed by atoms with Crippen LogP contribution < -0.4 is 11.5 Å². The lowest BCUT2D eigenvalue weighted by Gasteiger charge is -2.40. The van der Waals surface area contributed by atoms with Crippen molar-refractivity contribution in [1.29, 1.82) is 0 Å². The third-order valence-electron chi connectivity index (χ3n) is 4.99. The molecule has 0 aliphatic heterocycles. The Balaban J connectivity index is 1.98. The van der Waals surface area contributed by atoms with Crippen LogP contribution >= 0.6 is 0 Å². The molecule has 4 heteroatoms. The van der Waals surface area contributed by atoms with Crippen LogP contribution in [0, 0.1) is 17.0 Å². The van der Waals surface area contributed by atoms with Crippen molar-refractivity contribution in [2.45, 2.75) is 25.8 Å². The fraction of sp³-hybridized carbons (Fsp3) is 0.238. The van der Waals surface area contributed by atoms with Gasteiger partial charge in [0, 0.05) is 17.2 Å². The van der Waals surface area contributed by atoms with Gasteiger partial charge in [-0.2, -0.15) is 0 Å². The van der Waals surface area contributed by atoms with Gasteiger partial charge < -0.3 is 11.5 Å². The SMILES string of the molecule is CC1(Cc2cccc(F)c2)C(Cc2cccc(F)c2)=C(N)C=CC1N. The summed E-state index contributed by atoms with van der Waals surface area (Å²) >= 11 is 0. The van der Waals surface area contributed by atoms with E-state index in [1.165, 1.54) is 24.3 Å². The summed E-state index contributed by atoms with van der Waals surface area (Å²) in [6, 6.07) is 12.7. The Morgan fingerprint density at radius 2 is 1.60 bits per heavy atom. The second-order valence-electron chi connectivity index (χ2n) is 6.85. The molecule has 3 rings (SSSR count). The van der Waals surface area contributed by atoms with Crippen LogP contribution in [0.4, 0.5) is 8.78 Å². The van der Waals surface area contributed by atoms with Crippen molar-refractivity contribution in [2.75, 3.05) is 0 Å². The van der Waals surface area contributed by atoms with E-state index in [1.54, 1.807) is 12.1 Å². The first-order valence-electron chi connectivity index (χ1n) is 8.30. The fourth-order valence-electron chi connectivity index (χ4n) is 3.50. The van der Waals surface area contributed by atoms with Crippen LogP contribution in [0.1, 0.15) is 18.1 Å². The van der Waals surface area contributed by atoms with Crippen molar-refractivity contribution in [3.05, 3.63) is 94.7 Å². The molecule has 4 N–H and O–H groups in total. The molecule has 0 saturated heterocycles. The van der Waals surface area contributed by atoms with Gasteiger partial charge in [0.25, 0.3) is 0 Å². The fourth-order valence-corrected chi connectivity index (χ4v) is 3.50. The summed E-state index contributed by atoms with van der Waals surface area (Å²) < 4.78 is 27.1. The monoisotopic (exact) mass is 340 g/mol. The Labute approximate surface area is 146 Å². The molecule has 0 bridgehead atoms. The summed E-state index contributed by atoms with van der Waals surface area (Å²) in [6.45, 7) is 2.04. The second-order valence-corrected chi connectivity index (χ2v) is 6.85. The number of nitrogens with two attached hydrogens (primary N) is 2. The van der Waals surface area contributed by atoms with Gasteiger partial charge in [-0.1, -0.05) is 37.3 Å². The highest BCUT2D eigenvalue weighted by Gasteiger charge is 2.38. The molecule has 0 spiro atoms. The lowest BCUT2D eigenvalue weighted by molar-refractivity contribution is 0.335. The Morgan fingerprint density at radius 1 is 1.00 bits per heavy atom. The maximum atomic E-state index is 13.6. The van der Waals surface area contributed by atoms with Gasteiger partial charge in [-0.05, 0) is 59.9 Å². The molecule has 130 valence electrons. The molecule has 2 aromatic carbocycles. The van der Waals surface area contributed by atoms with Crippen molar-refractivity contribution in [2.24, 2.45) is 16.9 Å². The molecule has 2 aromatic rings. The quantitative estimate of drug-likeness (QED) is 0.888. The van der Waals surface area contributed by atoms with Crippen LogP contribution in [-0.4, -0.2) is 6.04 Å². The van der Waals surface area contributed by atoms with Crippen molar-refractivity contribution >= 4 is 0 Å². The number of hydrogen-bond acceptors (Lipinski definition) is 2. The van der Waals surface area contributed by atoms with E-state index < -0.39 is 5.41 Å². The first-order valence-corrected chi connectivity index (χ1v) is 8.30. The summed E-state index contributed by atoms with van der Waals surface area (Å²) in [6.07, 6.45) is 4.76. The smallest absolute Gasteiger partial charge is 0.123 e. The van der Waals surface area contributed by atoms with Crippen LogP contribution in [0.3, 0.4) is 0 Å². The first-order chi connectivity index (χ1) is 11.9. The van der Waals surface area contributed by atoms with E-state index in [2.05, 4.69) is 0 Å². The van der Waals surface area contributed by atoms with E-state index in [1.807, 2.05) is 31.2 Å². The Morgan fingerprint density at radius 3 is 2.24 bits per heavy atom. The topological polar surface area (TPSA) is 52.0 Å². The lowest BCUT2D eigenvalue weighted by Crippen LogP contribution is -2.44. The minimum absolute atomic E-state index is 0.258. The van der Waals surface area contributed by atoms with Gasteiger partial charge in [-0.15, -0.1) is 0 Å². The maximum Gasteiger partial charge on any atom is 0.123 e. The Kier molecular flexibility index (Phi) is 4.73. The van der Waals surface area contributed by atoms with Crippen LogP contribution in [-0.2, 0) is 12.8 Å². The highest BCUT2D eigenvalue weighted by Crippen LogP contribution is 2.40. The van der Waals surface area contributed by atoms with Gasteiger partial charge in [0.05, 0.1) is 0 Å². The zero-order valence-electron chi connectivity index (χ0n) is 14.2. The third-order valence-corrected chi connectivity index (χ3v) is 4.99. The molecule has 1 aliphatic carbocycles. The molecular formula is C21H22F2N2. The predicted octanol–water partition coefficient (Wildman–Crippen LogP) is 3.87. The van der Waals surface area contributed by atoms with E-state index >= 15 is 0 Å². The number of allylic oxidation sites excluding steroid dienone is 1. The zero-order valence-corrected chi connectivity index (χ0v) is 14.2. The molecule has 2 atom stereocenters. The summed E-state index contributed by atoms with van der Waals surface area (Å²) in [5.74, 6) is -0.552. The van der Waals surface area contributed by atoms with Gasteiger partial charge in [0.1, 0.15) is 11.6 Å². The van der Waals surface area contributed by atoms with Crippen molar-refractivity contribution in [3.63, 3.8) is 0 Å². The molecule has 1 aliphatic rings. The Hall–Kier alpha value is -2.46. The minimum atomic E-state index is -0.473. The molecule has 2 unspecified atom stereocenters. The molecule has 0 fully saturated rings. The molecule has 0 heterocycles. The largest absolute Gasteiger partial charge is 0.399 e. The van der Waals surface area contributed by atoms with Crippen molar-refractivity contribution < 1.29 is 8.78 Å². The lowest BCUT2D eigenvalue weighted by atomic mass is 9.67. The number of benzene rings is 2. The van der Waals surface area contributed by atoms with E-state index in [-0.39, 0.29) is 17.7 Å². The number of hydrogen-bond donors (Lipinski definition) is 2. The molecule has 25 heavy (non-hydrogen) atoms. The van der Waals surface area contributed by atoms with Crippen LogP contribution in [0.25, 0.3) is 0 Å². The van der Waals surface area contributed by atoms with Crippen LogP contribution in [0.15, 0.2) is 72.0 Å². The molecule has 0 aromatic heterocycles. The van der Waals surface area contributed by atoms with Gasteiger partial charge in [-0.25, -0.2) is 8.78 Å². The molecule has 0 amide bonds. The minimum Gasteiger partial charge on any atom is -0.399 e. The van der Waals surface area contributed by atoms with Gasteiger partial charge >= 0.3 is 0 Å². The second kappa shape index (κ2) is 6.81. The normalized spacial score (nSPS) is 23.1. The van der Waals surface area contributed by atoms with Crippen molar-refractivity contribution in [1.82, 2.24) is 0 Å². The average Bonchev–Trinajstić information content (AvgIpc) is 2.56. The highest BCUT2D eigenvalue weighted by molar-refractivity contribution is 5.41. The molecule has 0 radical (unpaired) electrons. The molecule has 2 nitrogen and oxygen atoms in total. The van der Waals surface area contributed by atoms with E-state index in [0.717, 1.165) is 16.7 Å². The van der Waals surface area contributed by atoms with Crippen molar-refractivity contribution in [3.8, 4) is 0 Å². The average molecular weight is 340 g/mol. The Bertz CT molecular complexity index is 841. The standard InChI is InChI=1S/C21H22F2N2/c1-21(13-15-5-3-7-17(23)11-15)18(19(24)8-9-20(21)25)12-14-4-2-6-16(22)10-14/h2-11,20H,12-13,24-25H2,1H3. The summed E-state index contributed by atoms with van der Waals surface area (Å²) in [5, 5.41) is 0. The number of halogens is 2. The highest BCUT2D eigenvalue weighted by atomic mass is 19.1. The molecule has 0 saturated carbocycles. The predicted molar refractivity (Wildman–Crippen MR) is 96.6 cm³/mol. The zero-order chi connectivity index (χ0) is 18.0. The maximum absolute atomic E-state index is 13.6. The summed E-state index contributed by atoms with van der Waals surface area (Å²) in [4.78, 5) is 0.